The van der Waals surface area contributed by atoms with Crippen LogP contribution < -0.4 is 5.43 Å². The zero-order valence-electron chi connectivity index (χ0n) is 5.44. The second kappa shape index (κ2) is 2.91. The predicted octanol–water partition coefficient (Wildman–Crippen LogP) is -1.37. The van der Waals surface area contributed by atoms with Crippen LogP contribution in [0.1, 0.15) is 0 Å². The van der Waals surface area contributed by atoms with Crippen molar-refractivity contribution in [2.75, 3.05) is 6.54 Å². The molecular formula is C5H5N3O3. The molecule has 1 heterocycles. The number of carbonyl (C=O) groups is 2. The van der Waals surface area contributed by atoms with E-state index in [1.165, 1.54) is 6.21 Å². The minimum Gasteiger partial charge on any atom is -0.480 e. The molecule has 0 saturated carbocycles. The van der Waals surface area contributed by atoms with Gasteiger partial charge in [-0.3, -0.25) is 14.6 Å². The Morgan fingerprint density at radius 3 is 3.00 bits per heavy atom. The zero-order valence-corrected chi connectivity index (χ0v) is 5.44. The highest BCUT2D eigenvalue weighted by atomic mass is 16.4. The quantitative estimate of drug-likeness (QED) is 0.515. The topological polar surface area (TPSA) is 91.1 Å². The lowest BCUT2D eigenvalue weighted by atomic mass is 10.4. The first kappa shape index (κ1) is 7.39. The van der Waals surface area contributed by atoms with Gasteiger partial charge in [0.15, 0.2) is 0 Å². The Balaban J connectivity index is 2.59. The van der Waals surface area contributed by atoms with E-state index in [2.05, 4.69) is 15.5 Å². The number of hydrogen-bond donors (Lipinski definition) is 2. The lowest BCUT2D eigenvalue weighted by Gasteiger charge is -1.87. The van der Waals surface area contributed by atoms with Gasteiger partial charge in [-0.15, -0.1) is 0 Å². The first-order chi connectivity index (χ1) is 5.20. The summed E-state index contributed by atoms with van der Waals surface area (Å²) in [6, 6.07) is 0. The summed E-state index contributed by atoms with van der Waals surface area (Å²) in [4.78, 5) is 24.1. The maximum absolute atomic E-state index is 10.6. The number of amides is 1. The zero-order chi connectivity index (χ0) is 8.27. The van der Waals surface area contributed by atoms with Crippen LogP contribution in [0.4, 0.5) is 0 Å². The molecule has 11 heavy (non-hydrogen) atoms. The second-order valence-electron chi connectivity index (χ2n) is 1.79. The Morgan fingerprint density at radius 1 is 1.82 bits per heavy atom. The molecule has 0 aromatic rings. The fourth-order valence-corrected chi connectivity index (χ4v) is 0.533. The van der Waals surface area contributed by atoms with Gasteiger partial charge in [-0.2, -0.15) is 5.10 Å². The standard InChI is InChI=1S/C5H5N3O3/c9-4(10)2-6-3-1-7-8-5(3)11/h1H,2H2,(H,9,10)(H,6,8,11). The van der Waals surface area contributed by atoms with Crippen molar-refractivity contribution in [1.29, 1.82) is 0 Å². The van der Waals surface area contributed by atoms with E-state index in [4.69, 9.17) is 5.11 Å². The van der Waals surface area contributed by atoms with E-state index < -0.39 is 18.4 Å². The van der Waals surface area contributed by atoms with Gasteiger partial charge in [-0.1, -0.05) is 0 Å². The first-order valence-electron chi connectivity index (χ1n) is 2.80. The number of aliphatic carboxylic acids is 1. The Bertz CT molecular complexity index is 256. The molecule has 1 aliphatic rings. The number of nitrogens with one attached hydrogen (secondary N) is 1. The van der Waals surface area contributed by atoms with Crippen LogP contribution in [-0.4, -0.2) is 35.5 Å². The van der Waals surface area contributed by atoms with Crippen molar-refractivity contribution in [2.45, 2.75) is 0 Å². The summed E-state index contributed by atoms with van der Waals surface area (Å²) in [6.07, 6.45) is 1.19. The molecule has 6 heteroatoms. The molecule has 0 aromatic heterocycles. The van der Waals surface area contributed by atoms with E-state index in [0.29, 0.717) is 0 Å². The fraction of sp³-hybridized carbons (Fsp3) is 0.200. The summed E-state index contributed by atoms with van der Waals surface area (Å²) in [5.41, 5.74) is 2.15. The predicted molar refractivity (Wildman–Crippen MR) is 36.6 cm³/mol. The number of carboxylic acids is 1. The van der Waals surface area contributed by atoms with Crippen LogP contribution in [0.3, 0.4) is 0 Å². The number of hydrogen-bond acceptors (Lipinski definition) is 4. The van der Waals surface area contributed by atoms with E-state index in [9.17, 15) is 9.59 Å². The number of carbonyl (C=O) groups excluding carboxylic acids is 1. The van der Waals surface area contributed by atoms with Gasteiger partial charge >= 0.3 is 5.97 Å². The molecule has 1 rings (SSSR count). The summed E-state index contributed by atoms with van der Waals surface area (Å²) < 4.78 is 0. The van der Waals surface area contributed by atoms with Crippen molar-refractivity contribution in [3.63, 3.8) is 0 Å². The molecule has 6 nitrogen and oxygen atoms in total. The molecule has 0 aliphatic carbocycles. The Labute approximate surface area is 61.6 Å². The van der Waals surface area contributed by atoms with Crippen molar-refractivity contribution in [1.82, 2.24) is 5.43 Å². The molecule has 1 aliphatic heterocycles. The van der Waals surface area contributed by atoms with Gasteiger partial charge in [0.2, 0.25) is 0 Å². The summed E-state index contributed by atoms with van der Waals surface area (Å²) in [6.45, 7) is -0.408. The van der Waals surface area contributed by atoms with Crippen LogP contribution in [0.25, 0.3) is 0 Å². The summed E-state index contributed by atoms with van der Waals surface area (Å²) >= 11 is 0. The van der Waals surface area contributed by atoms with Crippen molar-refractivity contribution in [2.24, 2.45) is 10.1 Å². The highest BCUT2D eigenvalue weighted by molar-refractivity contribution is 6.62. The lowest BCUT2D eigenvalue weighted by Crippen LogP contribution is -2.20. The molecule has 0 aromatic carbocycles. The average molecular weight is 155 g/mol. The molecule has 0 spiro atoms. The third-order valence-electron chi connectivity index (χ3n) is 0.970. The van der Waals surface area contributed by atoms with Crippen molar-refractivity contribution >= 4 is 23.8 Å². The van der Waals surface area contributed by atoms with Crippen molar-refractivity contribution in [3.8, 4) is 0 Å². The highest BCUT2D eigenvalue weighted by Crippen LogP contribution is 1.84. The van der Waals surface area contributed by atoms with Crippen molar-refractivity contribution in [3.05, 3.63) is 0 Å². The Kier molecular flexibility index (Phi) is 1.95. The van der Waals surface area contributed by atoms with Gasteiger partial charge in [0, 0.05) is 0 Å². The van der Waals surface area contributed by atoms with E-state index >= 15 is 0 Å². The molecule has 2 N–H and O–H groups in total. The Morgan fingerprint density at radius 2 is 2.55 bits per heavy atom. The summed E-state index contributed by atoms with van der Waals surface area (Å²) in [7, 11) is 0. The largest absolute Gasteiger partial charge is 0.480 e. The molecule has 0 radical (unpaired) electrons. The van der Waals surface area contributed by atoms with E-state index in [1.54, 1.807) is 0 Å². The van der Waals surface area contributed by atoms with Gasteiger partial charge in [0.05, 0.1) is 6.21 Å². The van der Waals surface area contributed by atoms with Crippen molar-refractivity contribution < 1.29 is 14.7 Å². The van der Waals surface area contributed by atoms with E-state index in [1.807, 2.05) is 0 Å². The average Bonchev–Trinajstić information content (AvgIpc) is 2.31. The number of nitrogens with zero attached hydrogens (tertiary/aromatic N) is 2. The molecule has 1 amide bonds. The minimum absolute atomic E-state index is 0.0485. The van der Waals surface area contributed by atoms with Crippen LogP contribution in [0.2, 0.25) is 0 Å². The molecule has 0 bridgehead atoms. The molecular weight excluding hydrogens is 150 g/mol. The number of rotatable bonds is 2. The maximum atomic E-state index is 10.6. The van der Waals surface area contributed by atoms with Crippen LogP contribution >= 0.6 is 0 Å². The normalized spacial score (nSPS) is 18.9. The maximum Gasteiger partial charge on any atom is 0.325 e. The molecule has 0 atom stereocenters. The van der Waals surface area contributed by atoms with Crippen LogP contribution in [-0.2, 0) is 9.59 Å². The molecule has 0 fully saturated rings. The lowest BCUT2D eigenvalue weighted by molar-refractivity contribution is -0.135. The molecule has 58 valence electrons. The SMILES string of the molecule is O=C(O)CN=C1C=NNC1=O. The number of aliphatic imine (C=N–C) groups is 1. The summed E-state index contributed by atoms with van der Waals surface area (Å²) in [5, 5.41) is 11.6. The first-order valence-corrected chi connectivity index (χ1v) is 2.80. The summed E-state index contributed by atoms with van der Waals surface area (Å²) in [5.74, 6) is -1.54. The molecule has 0 unspecified atom stereocenters. The fourth-order valence-electron chi connectivity index (χ4n) is 0.533. The molecule has 0 saturated heterocycles. The van der Waals surface area contributed by atoms with Gasteiger partial charge in [0.25, 0.3) is 5.91 Å². The smallest absolute Gasteiger partial charge is 0.325 e. The van der Waals surface area contributed by atoms with Crippen LogP contribution in [0.5, 0.6) is 0 Å². The van der Waals surface area contributed by atoms with Crippen LogP contribution in [0.15, 0.2) is 10.1 Å². The monoisotopic (exact) mass is 155 g/mol. The van der Waals surface area contributed by atoms with Gasteiger partial charge in [-0.25, -0.2) is 5.43 Å². The highest BCUT2D eigenvalue weighted by Gasteiger charge is 2.13. The van der Waals surface area contributed by atoms with Gasteiger partial charge in [0.1, 0.15) is 12.3 Å². The second-order valence-corrected chi connectivity index (χ2v) is 1.79. The van der Waals surface area contributed by atoms with Gasteiger partial charge in [-0.05, 0) is 0 Å². The number of hydrazone groups is 1. The Hall–Kier alpha value is -1.72. The van der Waals surface area contributed by atoms with E-state index in [-0.39, 0.29) is 5.71 Å². The number of carboxylic acid groups (broad SMARTS) is 1. The van der Waals surface area contributed by atoms with E-state index in [0.717, 1.165) is 0 Å². The minimum atomic E-state index is -1.08. The third-order valence-corrected chi connectivity index (χ3v) is 0.970. The van der Waals surface area contributed by atoms with Gasteiger partial charge < -0.3 is 5.11 Å². The van der Waals surface area contributed by atoms with Crippen LogP contribution in [0, 0.1) is 0 Å². The third kappa shape index (κ3) is 1.85.